The Labute approximate surface area is 153 Å². The number of fused-ring (bicyclic) bond motifs is 1. The zero-order valence-electron chi connectivity index (χ0n) is 14.2. The lowest BCUT2D eigenvalue weighted by Gasteiger charge is -2.14. The van der Waals surface area contributed by atoms with E-state index in [2.05, 4.69) is 15.5 Å². The van der Waals surface area contributed by atoms with Gasteiger partial charge in [0.05, 0.1) is 11.4 Å². The second kappa shape index (κ2) is 6.79. The Bertz CT molecular complexity index is 1010. The predicted octanol–water partition coefficient (Wildman–Crippen LogP) is 2.51. The average molecular weight is 370 g/mol. The number of rotatable bonds is 4. The lowest BCUT2D eigenvalue weighted by Crippen LogP contribution is -2.33. The van der Waals surface area contributed by atoms with Crippen LogP contribution in [0.4, 0.5) is 14.6 Å². The highest BCUT2D eigenvalue weighted by Gasteiger charge is 2.36. The van der Waals surface area contributed by atoms with Crippen molar-refractivity contribution in [2.45, 2.75) is 13.0 Å². The molecule has 138 valence electrons. The third-order valence-electron chi connectivity index (χ3n) is 4.70. The number of aromatic amines is 1. The topological polar surface area (TPSA) is 78.1 Å². The van der Waals surface area contributed by atoms with E-state index >= 15 is 0 Å². The fourth-order valence-corrected chi connectivity index (χ4v) is 3.26. The van der Waals surface area contributed by atoms with Crippen molar-refractivity contribution < 1.29 is 18.4 Å². The van der Waals surface area contributed by atoms with Gasteiger partial charge in [0.2, 0.25) is 11.8 Å². The van der Waals surface area contributed by atoms with Gasteiger partial charge in [-0.2, -0.15) is 5.10 Å². The summed E-state index contributed by atoms with van der Waals surface area (Å²) < 4.78 is 27.3. The van der Waals surface area contributed by atoms with Gasteiger partial charge in [0.15, 0.2) is 5.82 Å². The molecule has 1 aromatic heterocycles. The molecule has 1 unspecified atom stereocenters. The Morgan fingerprint density at radius 2 is 1.93 bits per heavy atom. The number of halogens is 2. The fourth-order valence-electron chi connectivity index (χ4n) is 3.26. The van der Waals surface area contributed by atoms with Gasteiger partial charge < -0.3 is 5.32 Å². The molecule has 2 heterocycles. The summed E-state index contributed by atoms with van der Waals surface area (Å²) in [6, 6.07) is 10.9. The Kier molecular flexibility index (Phi) is 4.31. The van der Waals surface area contributed by atoms with E-state index in [1.807, 2.05) is 24.3 Å². The molecular weight excluding hydrogens is 354 g/mol. The zero-order chi connectivity index (χ0) is 19.0. The molecule has 6 nitrogen and oxygen atoms in total. The summed E-state index contributed by atoms with van der Waals surface area (Å²) in [7, 11) is 0. The molecule has 0 saturated carbocycles. The molecule has 27 heavy (non-hydrogen) atoms. The highest BCUT2D eigenvalue weighted by Crippen LogP contribution is 2.29. The Hall–Kier alpha value is -3.29. The summed E-state index contributed by atoms with van der Waals surface area (Å²) in [6.07, 6.45) is 0.0206. The average Bonchev–Trinajstić information content (AvgIpc) is 3.24. The van der Waals surface area contributed by atoms with Crippen LogP contribution >= 0.6 is 0 Å². The maximum Gasteiger partial charge on any atom is 0.229 e. The molecule has 1 aliphatic heterocycles. The van der Waals surface area contributed by atoms with Gasteiger partial charge in [-0.25, -0.2) is 8.78 Å². The van der Waals surface area contributed by atoms with Gasteiger partial charge in [0.25, 0.3) is 0 Å². The van der Waals surface area contributed by atoms with Crippen LogP contribution in [-0.2, 0) is 16.1 Å². The van der Waals surface area contributed by atoms with Crippen molar-refractivity contribution in [1.82, 2.24) is 15.5 Å². The number of amides is 2. The van der Waals surface area contributed by atoms with Crippen LogP contribution in [-0.4, -0.2) is 28.6 Å². The molecule has 1 saturated heterocycles. The van der Waals surface area contributed by atoms with Gasteiger partial charge in [-0.15, -0.1) is 0 Å². The highest BCUT2D eigenvalue weighted by molar-refractivity contribution is 6.05. The van der Waals surface area contributed by atoms with Crippen LogP contribution in [0.25, 0.3) is 10.9 Å². The molecule has 0 radical (unpaired) electrons. The number of anilines is 1. The molecular formula is C19H16F2N4O2. The first kappa shape index (κ1) is 17.1. The standard InChI is InChI=1S/C19H16F2N4O2/c20-14-5-3-6-15(21)13(14)9-22-19(27)11-8-17(26)25(10-11)18-12-4-1-2-7-16(12)23-24-18/h1-7,11H,8-10H2,(H,22,27)(H,23,24). The minimum atomic E-state index is -0.720. The largest absolute Gasteiger partial charge is 0.351 e. The summed E-state index contributed by atoms with van der Waals surface area (Å²) >= 11 is 0. The number of aromatic nitrogens is 2. The Balaban J connectivity index is 1.46. The SMILES string of the molecule is O=C(NCc1c(F)cccc1F)C1CC(=O)N(c2n[nH]c3ccccc23)C1. The fraction of sp³-hybridized carbons (Fsp3) is 0.211. The van der Waals surface area contributed by atoms with Gasteiger partial charge >= 0.3 is 0 Å². The van der Waals surface area contributed by atoms with Gasteiger partial charge in [-0.1, -0.05) is 18.2 Å². The first-order valence-corrected chi connectivity index (χ1v) is 8.48. The third kappa shape index (κ3) is 3.14. The summed E-state index contributed by atoms with van der Waals surface area (Å²) in [5.41, 5.74) is 0.591. The number of hydrogen-bond donors (Lipinski definition) is 2. The molecule has 2 amide bonds. The smallest absolute Gasteiger partial charge is 0.229 e. The molecule has 1 fully saturated rings. The van der Waals surface area contributed by atoms with E-state index in [1.165, 1.54) is 11.0 Å². The monoisotopic (exact) mass is 370 g/mol. The van der Waals surface area contributed by atoms with E-state index in [0.717, 1.165) is 23.0 Å². The first-order chi connectivity index (χ1) is 13.0. The molecule has 1 atom stereocenters. The summed E-state index contributed by atoms with van der Waals surface area (Å²) in [5.74, 6) is -2.21. The number of nitrogens with zero attached hydrogens (tertiary/aromatic N) is 2. The van der Waals surface area contributed by atoms with Crippen molar-refractivity contribution in [1.29, 1.82) is 0 Å². The summed E-state index contributed by atoms with van der Waals surface area (Å²) in [4.78, 5) is 26.3. The van der Waals surface area contributed by atoms with Gasteiger partial charge in [0.1, 0.15) is 11.6 Å². The number of carbonyl (C=O) groups is 2. The lowest BCUT2D eigenvalue weighted by atomic mass is 10.1. The molecule has 4 rings (SSSR count). The van der Waals surface area contributed by atoms with E-state index < -0.39 is 23.5 Å². The van der Waals surface area contributed by atoms with Crippen molar-refractivity contribution >= 4 is 28.5 Å². The molecule has 8 heteroatoms. The van der Waals surface area contributed by atoms with Crippen LogP contribution in [0.15, 0.2) is 42.5 Å². The van der Waals surface area contributed by atoms with Crippen LogP contribution in [0.3, 0.4) is 0 Å². The van der Waals surface area contributed by atoms with Crippen molar-refractivity contribution in [3.05, 3.63) is 59.7 Å². The van der Waals surface area contributed by atoms with Gasteiger partial charge in [0, 0.05) is 30.5 Å². The molecule has 2 N–H and O–H groups in total. The van der Waals surface area contributed by atoms with Gasteiger partial charge in [-0.3, -0.25) is 19.6 Å². The number of hydrogen-bond acceptors (Lipinski definition) is 3. The molecule has 2 aromatic carbocycles. The summed E-state index contributed by atoms with van der Waals surface area (Å²) in [6.45, 7) is -0.105. The quantitative estimate of drug-likeness (QED) is 0.741. The Morgan fingerprint density at radius 1 is 1.19 bits per heavy atom. The molecule has 0 aliphatic carbocycles. The number of para-hydroxylation sites is 1. The summed E-state index contributed by atoms with van der Waals surface area (Å²) in [5, 5.41) is 10.4. The maximum absolute atomic E-state index is 13.7. The third-order valence-corrected chi connectivity index (χ3v) is 4.70. The van der Waals surface area contributed by atoms with E-state index in [9.17, 15) is 18.4 Å². The minimum absolute atomic E-state index is 0.0206. The van der Waals surface area contributed by atoms with Crippen LogP contribution in [0, 0.1) is 17.6 Å². The van der Waals surface area contributed by atoms with E-state index in [0.29, 0.717) is 5.82 Å². The van der Waals surface area contributed by atoms with E-state index in [-0.39, 0.29) is 31.0 Å². The number of carbonyl (C=O) groups excluding carboxylic acids is 2. The first-order valence-electron chi connectivity index (χ1n) is 8.48. The maximum atomic E-state index is 13.7. The van der Waals surface area contributed by atoms with Crippen molar-refractivity contribution in [3.8, 4) is 0 Å². The van der Waals surface area contributed by atoms with Crippen molar-refractivity contribution in [3.63, 3.8) is 0 Å². The van der Waals surface area contributed by atoms with Crippen LogP contribution in [0.5, 0.6) is 0 Å². The second-order valence-electron chi connectivity index (χ2n) is 6.42. The Morgan fingerprint density at radius 3 is 2.70 bits per heavy atom. The minimum Gasteiger partial charge on any atom is -0.351 e. The molecule has 1 aliphatic rings. The van der Waals surface area contributed by atoms with Crippen LogP contribution in [0.1, 0.15) is 12.0 Å². The predicted molar refractivity (Wildman–Crippen MR) is 94.8 cm³/mol. The van der Waals surface area contributed by atoms with E-state index in [4.69, 9.17) is 0 Å². The molecule has 0 bridgehead atoms. The number of benzene rings is 2. The lowest BCUT2D eigenvalue weighted by molar-refractivity contribution is -0.126. The van der Waals surface area contributed by atoms with Gasteiger partial charge in [-0.05, 0) is 24.3 Å². The second-order valence-corrected chi connectivity index (χ2v) is 6.42. The molecule has 0 spiro atoms. The molecule has 3 aromatic rings. The van der Waals surface area contributed by atoms with E-state index in [1.54, 1.807) is 0 Å². The zero-order valence-corrected chi connectivity index (χ0v) is 14.2. The number of H-pyrrole nitrogens is 1. The van der Waals surface area contributed by atoms with Crippen LogP contribution < -0.4 is 10.2 Å². The number of nitrogens with one attached hydrogen (secondary N) is 2. The van der Waals surface area contributed by atoms with Crippen molar-refractivity contribution in [2.75, 3.05) is 11.4 Å². The van der Waals surface area contributed by atoms with Crippen LogP contribution in [0.2, 0.25) is 0 Å². The highest BCUT2D eigenvalue weighted by atomic mass is 19.1. The van der Waals surface area contributed by atoms with Crippen molar-refractivity contribution in [2.24, 2.45) is 5.92 Å². The normalized spacial score (nSPS) is 16.9.